The fraction of sp³-hybridized carbons (Fsp3) is 0.533. The number of fused-ring (bicyclic) bond motifs is 5. The Morgan fingerprint density at radius 2 is 1.69 bits per heavy atom. The molecule has 2 aromatic rings. The van der Waals surface area contributed by atoms with Gasteiger partial charge in [0.05, 0.1) is 27.0 Å². The van der Waals surface area contributed by atoms with Crippen LogP contribution in [0.25, 0.3) is 0 Å². The Hall–Kier alpha value is -3.30. The molecule has 0 aromatic heterocycles. The lowest BCUT2D eigenvalue weighted by Gasteiger charge is -2.23. The van der Waals surface area contributed by atoms with E-state index in [0.717, 1.165) is 76.9 Å². The molecule has 3 atom stereocenters. The first-order valence-corrected chi connectivity index (χ1v) is 14.0. The number of hydrogen-bond acceptors (Lipinski definition) is 8. The molecule has 2 aromatic carbocycles. The summed E-state index contributed by atoms with van der Waals surface area (Å²) in [5.41, 5.74) is 1.50. The highest BCUT2D eigenvalue weighted by atomic mass is 16.6. The van der Waals surface area contributed by atoms with Gasteiger partial charge in [-0.15, -0.1) is 0 Å². The minimum Gasteiger partial charge on any atom is -0.493 e. The summed E-state index contributed by atoms with van der Waals surface area (Å²) >= 11 is 0. The van der Waals surface area contributed by atoms with Crippen LogP contribution in [0.4, 0.5) is 0 Å². The van der Waals surface area contributed by atoms with E-state index in [-0.39, 0.29) is 12.0 Å². The van der Waals surface area contributed by atoms with Crippen LogP contribution in [-0.4, -0.2) is 94.7 Å². The van der Waals surface area contributed by atoms with Crippen molar-refractivity contribution in [3.05, 3.63) is 53.6 Å². The average molecular weight is 539 g/mol. The zero-order chi connectivity index (χ0) is 27.3. The molecule has 4 rings (SSSR count). The van der Waals surface area contributed by atoms with E-state index < -0.39 is 0 Å². The number of carbonyl (C=O) groups is 1. The van der Waals surface area contributed by atoms with E-state index in [2.05, 4.69) is 20.3 Å². The number of nitrogens with zero attached hydrogens (tertiary/aromatic N) is 3. The molecule has 2 aliphatic rings. The van der Waals surface area contributed by atoms with Crippen LogP contribution < -0.4 is 19.5 Å². The Kier molecular flexibility index (Phi) is 11.3. The van der Waals surface area contributed by atoms with Gasteiger partial charge in [0.2, 0.25) is 5.75 Å². The molecule has 1 fully saturated rings. The smallest absolute Gasteiger partial charge is 0.251 e. The van der Waals surface area contributed by atoms with E-state index in [0.29, 0.717) is 36.0 Å². The van der Waals surface area contributed by atoms with Gasteiger partial charge < -0.3 is 34.2 Å². The second kappa shape index (κ2) is 15.3. The third-order valence-electron chi connectivity index (χ3n) is 7.23. The molecule has 2 unspecified atom stereocenters. The highest BCUT2D eigenvalue weighted by molar-refractivity contribution is 5.95. The van der Waals surface area contributed by atoms with Crippen LogP contribution >= 0.6 is 0 Å². The van der Waals surface area contributed by atoms with Crippen molar-refractivity contribution in [3.63, 3.8) is 0 Å². The maximum atomic E-state index is 12.9. The third kappa shape index (κ3) is 8.86. The van der Waals surface area contributed by atoms with Crippen LogP contribution in [-0.2, 0) is 4.84 Å². The Balaban J connectivity index is 1.48. The van der Waals surface area contributed by atoms with Gasteiger partial charge in [0.15, 0.2) is 11.5 Å². The number of rotatable bonds is 5. The van der Waals surface area contributed by atoms with Crippen LogP contribution in [0.2, 0.25) is 0 Å². The first-order valence-electron chi connectivity index (χ1n) is 14.0. The maximum absolute atomic E-state index is 12.9. The van der Waals surface area contributed by atoms with E-state index in [1.54, 1.807) is 32.6 Å². The minimum atomic E-state index is -0.148. The average Bonchev–Trinajstić information content (AvgIpc) is 3.20. The number of methoxy groups -OCH3 is 2. The van der Waals surface area contributed by atoms with Crippen LogP contribution in [0.1, 0.15) is 48.0 Å². The van der Waals surface area contributed by atoms with E-state index >= 15 is 0 Å². The molecule has 2 aliphatic heterocycles. The highest BCUT2D eigenvalue weighted by Gasteiger charge is 2.20. The van der Waals surface area contributed by atoms with Crippen LogP contribution in [0.15, 0.2) is 47.6 Å². The second-order valence-corrected chi connectivity index (χ2v) is 10.0. The number of ether oxygens (including phenoxy) is 3. The first-order chi connectivity index (χ1) is 19.2. The number of oxime groups is 1. The molecule has 2 heterocycles. The predicted molar refractivity (Wildman–Crippen MR) is 152 cm³/mol. The molecule has 1 amide bonds. The van der Waals surface area contributed by atoms with Crippen molar-refractivity contribution >= 4 is 12.1 Å². The normalized spacial score (nSPS) is 23.4. The zero-order valence-electron chi connectivity index (χ0n) is 23.3. The third-order valence-corrected chi connectivity index (χ3v) is 7.23. The summed E-state index contributed by atoms with van der Waals surface area (Å²) in [6, 6.07) is 13.4. The summed E-state index contributed by atoms with van der Waals surface area (Å²) in [5.74, 6) is 1.29. The summed E-state index contributed by atoms with van der Waals surface area (Å²) in [4.78, 5) is 24.0. The summed E-state index contributed by atoms with van der Waals surface area (Å²) in [6.07, 6.45) is 6.25. The van der Waals surface area contributed by atoms with E-state index in [4.69, 9.17) is 19.0 Å². The molecular weight excluding hydrogens is 496 g/mol. The van der Waals surface area contributed by atoms with Gasteiger partial charge in [-0.1, -0.05) is 35.5 Å². The molecule has 0 radical (unpaired) electrons. The van der Waals surface area contributed by atoms with Gasteiger partial charge >= 0.3 is 0 Å². The van der Waals surface area contributed by atoms with Crippen molar-refractivity contribution in [2.45, 2.75) is 38.2 Å². The number of nitrogens with one attached hydrogen (secondary N) is 1. The number of amides is 1. The lowest BCUT2D eigenvalue weighted by molar-refractivity contribution is 0.0363. The van der Waals surface area contributed by atoms with Crippen LogP contribution in [0.5, 0.6) is 17.2 Å². The van der Waals surface area contributed by atoms with Gasteiger partial charge in [-0.2, -0.15) is 0 Å². The van der Waals surface area contributed by atoms with Gasteiger partial charge in [0.1, 0.15) is 6.10 Å². The topological polar surface area (TPSA) is 84.9 Å². The molecule has 0 aliphatic carbocycles. The van der Waals surface area contributed by atoms with E-state index in [9.17, 15) is 4.79 Å². The number of carbonyl (C=O) groups excluding carboxylic acids is 1. The standard InChI is InChI=1S/C30H42N4O5/c1-36-27-21-25-22-28(29(27)37-2)38-20-6-11-26(39-32-23-24-9-4-3-5-10-24)12-17-34-16-8-15-33(18-19-34)14-7-13-31-30(25)35/h3-5,9-10,21-23,26H,6-8,11-20H2,1-2H3,(H,31,35)/b32-23+/t26-/m0/s1. The van der Waals surface area contributed by atoms with Crippen molar-refractivity contribution in [1.29, 1.82) is 0 Å². The van der Waals surface area contributed by atoms with E-state index in [1.807, 2.05) is 30.3 Å². The molecule has 0 spiro atoms. The molecule has 9 heteroatoms. The molecular formula is C30H42N4O5. The van der Waals surface area contributed by atoms with Crippen molar-refractivity contribution in [1.82, 2.24) is 15.1 Å². The molecule has 9 nitrogen and oxygen atoms in total. The Morgan fingerprint density at radius 1 is 0.923 bits per heavy atom. The molecule has 212 valence electrons. The van der Waals surface area contributed by atoms with Crippen molar-refractivity contribution < 1.29 is 23.8 Å². The molecule has 0 saturated carbocycles. The van der Waals surface area contributed by atoms with E-state index in [1.165, 1.54) is 0 Å². The summed E-state index contributed by atoms with van der Waals surface area (Å²) in [6.45, 7) is 7.27. The Bertz CT molecular complexity index is 1060. The first kappa shape index (κ1) is 28.7. The van der Waals surface area contributed by atoms with Gasteiger partial charge in [0.25, 0.3) is 5.91 Å². The largest absolute Gasteiger partial charge is 0.493 e. The van der Waals surface area contributed by atoms with Gasteiger partial charge in [-0.25, -0.2) is 0 Å². The Morgan fingerprint density at radius 3 is 2.46 bits per heavy atom. The van der Waals surface area contributed by atoms with Gasteiger partial charge in [0, 0.05) is 31.7 Å². The predicted octanol–water partition coefficient (Wildman–Crippen LogP) is 3.81. The van der Waals surface area contributed by atoms with Crippen LogP contribution in [0.3, 0.4) is 0 Å². The molecule has 1 N–H and O–H groups in total. The SMILES string of the molecule is COc1cc2cc(c1OC)OCCC[C@H](O/N=C/c1ccccc1)CCN1CCCN(CCCNC2=O)CC1. The quantitative estimate of drug-likeness (QED) is 0.458. The summed E-state index contributed by atoms with van der Waals surface area (Å²) in [5, 5.41) is 7.36. The van der Waals surface area contributed by atoms with Gasteiger partial charge in [-0.3, -0.25) is 4.79 Å². The summed E-state index contributed by atoms with van der Waals surface area (Å²) in [7, 11) is 3.13. The van der Waals surface area contributed by atoms with Crippen molar-refractivity contribution in [2.24, 2.45) is 5.16 Å². The molecule has 1 saturated heterocycles. The second-order valence-electron chi connectivity index (χ2n) is 10.0. The fourth-order valence-electron chi connectivity index (χ4n) is 5.03. The molecule has 39 heavy (non-hydrogen) atoms. The highest BCUT2D eigenvalue weighted by Crippen LogP contribution is 2.38. The van der Waals surface area contributed by atoms with Gasteiger partial charge in [-0.05, 0) is 69.4 Å². The van der Waals surface area contributed by atoms with Crippen molar-refractivity contribution in [3.8, 4) is 17.2 Å². The number of benzene rings is 2. The monoisotopic (exact) mass is 538 g/mol. The minimum absolute atomic E-state index is 0.0245. The lowest BCUT2D eigenvalue weighted by Crippen LogP contribution is -2.34. The fourth-order valence-corrected chi connectivity index (χ4v) is 5.03. The number of hydrogen-bond donors (Lipinski definition) is 1. The Labute approximate surface area is 232 Å². The van der Waals surface area contributed by atoms with Crippen LogP contribution in [0, 0.1) is 0 Å². The maximum Gasteiger partial charge on any atom is 0.251 e. The summed E-state index contributed by atoms with van der Waals surface area (Å²) < 4.78 is 17.2. The molecule has 4 bridgehead atoms. The van der Waals surface area contributed by atoms with Crippen molar-refractivity contribution in [2.75, 3.05) is 66.6 Å². The lowest BCUT2D eigenvalue weighted by atomic mass is 10.1. The zero-order valence-corrected chi connectivity index (χ0v) is 23.3.